The highest BCUT2D eigenvalue weighted by Crippen LogP contribution is 2.12. The number of nitriles is 1. The second-order valence-electron chi connectivity index (χ2n) is 2.00. The number of hydrogen-bond acceptors (Lipinski definition) is 3. The van der Waals surface area contributed by atoms with Crippen LogP contribution in [0.2, 0.25) is 0 Å². The summed E-state index contributed by atoms with van der Waals surface area (Å²) < 4.78 is 4.78. The molecule has 0 aromatic carbocycles. The van der Waals surface area contributed by atoms with Gasteiger partial charge >= 0.3 is 5.97 Å². The highest BCUT2D eigenvalue weighted by Gasteiger charge is 2.12. The van der Waals surface area contributed by atoms with Crippen LogP contribution in [0.5, 0.6) is 0 Å². The van der Waals surface area contributed by atoms with Crippen LogP contribution >= 0.6 is 0 Å². The van der Waals surface area contributed by atoms with Gasteiger partial charge in [-0.15, -0.1) is 0 Å². The number of carboxylic acids is 1. The molecule has 0 aliphatic heterocycles. The Morgan fingerprint density at radius 1 is 1.82 bits per heavy atom. The van der Waals surface area contributed by atoms with Gasteiger partial charge in [0.2, 0.25) is 5.76 Å². The van der Waals surface area contributed by atoms with Crippen molar-refractivity contribution >= 4 is 5.97 Å². The van der Waals surface area contributed by atoms with Crippen molar-refractivity contribution in [1.82, 2.24) is 0 Å². The van der Waals surface area contributed by atoms with E-state index in [-0.39, 0.29) is 17.1 Å². The van der Waals surface area contributed by atoms with E-state index in [9.17, 15) is 4.79 Å². The minimum atomic E-state index is -1.08. The maximum atomic E-state index is 10.4. The minimum absolute atomic E-state index is 0.0277. The molecule has 1 aromatic rings. The molecule has 0 unspecified atom stereocenters. The SMILES string of the molecule is Cc1oc(C#N)cc1C(=O)O. The van der Waals surface area contributed by atoms with Crippen LogP contribution < -0.4 is 0 Å². The van der Waals surface area contributed by atoms with Gasteiger partial charge in [-0.1, -0.05) is 0 Å². The van der Waals surface area contributed by atoms with Crippen molar-refractivity contribution in [1.29, 1.82) is 5.26 Å². The van der Waals surface area contributed by atoms with E-state index in [0.29, 0.717) is 0 Å². The van der Waals surface area contributed by atoms with Crippen LogP contribution in [0.25, 0.3) is 0 Å². The molecule has 0 radical (unpaired) electrons. The monoisotopic (exact) mass is 151 g/mol. The number of nitrogens with zero attached hydrogens (tertiary/aromatic N) is 1. The molecule has 56 valence electrons. The smallest absolute Gasteiger partial charge is 0.339 e. The third-order valence-electron chi connectivity index (χ3n) is 1.26. The van der Waals surface area contributed by atoms with Gasteiger partial charge in [0.15, 0.2) is 0 Å². The summed E-state index contributed by atoms with van der Waals surface area (Å²) in [5.41, 5.74) is 0.0431. The maximum Gasteiger partial charge on any atom is 0.339 e. The molecule has 0 aliphatic carbocycles. The van der Waals surface area contributed by atoms with E-state index in [1.54, 1.807) is 6.07 Å². The second kappa shape index (κ2) is 2.46. The molecule has 0 bridgehead atoms. The van der Waals surface area contributed by atoms with E-state index in [0.717, 1.165) is 0 Å². The first-order valence-corrected chi connectivity index (χ1v) is 2.89. The zero-order valence-corrected chi connectivity index (χ0v) is 5.79. The largest absolute Gasteiger partial charge is 0.478 e. The molecule has 0 atom stereocenters. The lowest BCUT2D eigenvalue weighted by Crippen LogP contribution is -1.94. The molecular weight excluding hydrogens is 146 g/mol. The molecule has 0 saturated heterocycles. The predicted molar refractivity (Wildman–Crippen MR) is 35.1 cm³/mol. The molecule has 0 aliphatic rings. The molecule has 0 amide bonds. The molecule has 4 nitrogen and oxygen atoms in total. The van der Waals surface area contributed by atoms with Gasteiger partial charge in [-0.2, -0.15) is 5.26 Å². The Labute approximate surface area is 62.7 Å². The lowest BCUT2D eigenvalue weighted by Gasteiger charge is -1.85. The van der Waals surface area contributed by atoms with Gasteiger partial charge in [0.1, 0.15) is 17.4 Å². The predicted octanol–water partition coefficient (Wildman–Crippen LogP) is 1.16. The zero-order valence-electron chi connectivity index (χ0n) is 5.79. The summed E-state index contributed by atoms with van der Waals surface area (Å²) >= 11 is 0. The van der Waals surface area contributed by atoms with E-state index >= 15 is 0 Å². The zero-order chi connectivity index (χ0) is 8.43. The Bertz CT molecular complexity index is 332. The molecule has 0 saturated carbocycles. The molecule has 4 heteroatoms. The standard InChI is InChI=1S/C7H5NO3/c1-4-6(7(9)10)2-5(3-8)11-4/h2H,1H3,(H,9,10). The Morgan fingerprint density at radius 3 is 2.73 bits per heavy atom. The Kier molecular flexibility index (Phi) is 1.65. The first-order valence-electron chi connectivity index (χ1n) is 2.89. The van der Waals surface area contributed by atoms with Crippen molar-refractivity contribution in [3.63, 3.8) is 0 Å². The average molecular weight is 151 g/mol. The summed E-state index contributed by atoms with van der Waals surface area (Å²) in [6.45, 7) is 1.50. The highest BCUT2D eigenvalue weighted by atomic mass is 16.4. The average Bonchev–Trinajstić information content (AvgIpc) is 2.30. The summed E-state index contributed by atoms with van der Waals surface area (Å²) in [4.78, 5) is 10.4. The first kappa shape index (κ1) is 7.35. The van der Waals surface area contributed by atoms with Crippen molar-refractivity contribution in [3.05, 3.63) is 23.2 Å². The lowest BCUT2D eigenvalue weighted by molar-refractivity contribution is 0.0695. The summed E-state index contributed by atoms with van der Waals surface area (Å²) in [6.07, 6.45) is 0. The van der Waals surface area contributed by atoms with E-state index in [1.807, 2.05) is 0 Å². The van der Waals surface area contributed by atoms with Crippen LogP contribution in [0.4, 0.5) is 0 Å². The molecule has 1 heterocycles. The Morgan fingerprint density at radius 2 is 2.45 bits per heavy atom. The fourth-order valence-corrected chi connectivity index (χ4v) is 0.750. The van der Waals surface area contributed by atoms with E-state index in [4.69, 9.17) is 14.8 Å². The van der Waals surface area contributed by atoms with Crippen molar-refractivity contribution in [2.75, 3.05) is 0 Å². The number of furan rings is 1. The van der Waals surface area contributed by atoms with Crippen LogP contribution in [0.3, 0.4) is 0 Å². The van der Waals surface area contributed by atoms with Crippen LogP contribution in [-0.4, -0.2) is 11.1 Å². The van der Waals surface area contributed by atoms with Gasteiger partial charge < -0.3 is 9.52 Å². The highest BCUT2D eigenvalue weighted by molar-refractivity contribution is 5.89. The number of carboxylic acid groups (broad SMARTS) is 1. The molecular formula is C7H5NO3. The van der Waals surface area contributed by atoms with Gasteiger partial charge in [-0.3, -0.25) is 0 Å². The number of rotatable bonds is 1. The molecule has 1 rings (SSSR count). The van der Waals surface area contributed by atoms with E-state index in [2.05, 4.69) is 0 Å². The van der Waals surface area contributed by atoms with Crippen molar-refractivity contribution in [2.45, 2.75) is 6.92 Å². The normalized spacial score (nSPS) is 9.09. The van der Waals surface area contributed by atoms with Crippen LogP contribution in [0.15, 0.2) is 10.5 Å². The summed E-state index contributed by atoms with van der Waals surface area (Å²) in [5.74, 6) is -0.790. The fraction of sp³-hybridized carbons (Fsp3) is 0.143. The quantitative estimate of drug-likeness (QED) is 0.653. The van der Waals surface area contributed by atoms with Gasteiger partial charge in [0, 0.05) is 6.07 Å². The topological polar surface area (TPSA) is 74.2 Å². The number of aryl methyl sites for hydroxylation is 1. The molecule has 0 spiro atoms. The second-order valence-corrected chi connectivity index (χ2v) is 2.00. The number of aromatic carboxylic acids is 1. The van der Waals surface area contributed by atoms with Crippen LogP contribution in [0.1, 0.15) is 21.9 Å². The van der Waals surface area contributed by atoms with Crippen molar-refractivity contribution < 1.29 is 14.3 Å². The van der Waals surface area contributed by atoms with Gasteiger partial charge in [-0.25, -0.2) is 4.79 Å². The van der Waals surface area contributed by atoms with E-state index in [1.165, 1.54) is 13.0 Å². The van der Waals surface area contributed by atoms with Crippen LogP contribution in [-0.2, 0) is 0 Å². The summed E-state index contributed by atoms with van der Waals surface area (Å²) in [7, 11) is 0. The third kappa shape index (κ3) is 1.22. The molecule has 11 heavy (non-hydrogen) atoms. The lowest BCUT2D eigenvalue weighted by atomic mass is 10.2. The van der Waals surface area contributed by atoms with Crippen LogP contribution in [0, 0.1) is 18.3 Å². The molecule has 0 fully saturated rings. The maximum absolute atomic E-state index is 10.4. The Hall–Kier alpha value is -1.76. The Balaban J connectivity index is 3.20. The van der Waals surface area contributed by atoms with Crippen molar-refractivity contribution in [2.24, 2.45) is 0 Å². The summed E-state index contributed by atoms with van der Waals surface area (Å²) in [5, 5.41) is 16.8. The van der Waals surface area contributed by atoms with Crippen molar-refractivity contribution in [3.8, 4) is 6.07 Å². The van der Waals surface area contributed by atoms with E-state index < -0.39 is 5.97 Å². The van der Waals surface area contributed by atoms with Gasteiger partial charge in [0.05, 0.1) is 0 Å². The minimum Gasteiger partial charge on any atom is -0.478 e. The third-order valence-corrected chi connectivity index (χ3v) is 1.26. The number of carbonyl (C=O) groups is 1. The fourth-order valence-electron chi connectivity index (χ4n) is 0.750. The van der Waals surface area contributed by atoms with Gasteiger partial charge in [-0.05, 0) is 6.92 Å². The molecule has 1 N–H and O–H groups in total. The first-order chi connectivity index (χ1) is 5.15. The molecule has 1 aromatic heterocycles. The van der Waals surface area contributed by atoms with Gasteiger partial charge in [0.25, 0.3) is 0 Å². The summed E-state index contributed by atoms with van der Waals surface area (Å²) in [6, 6.07) is 2.92. The number of hydrogen-bond donors (Lipinski definition) is 1.